The van der Waals surface area contributed by atoms with Crippen LogP contribution in [-0.2, 0) is 17.6 Å². The molecule has 30 heavy (non-hydrogen) atoms. The highest BCUT2D eigenvalue weighted by Crippen LogP contribution is 2.24. The average Bonchev–Trinajstić information content (AvgIpc) is 3.39. The number of nitrogens with one attached hydrogen (secondary N) is 1. The standard InChI is InChI=1S/C21H18ClN5O2S/c1-13-2-3-14(11-17(13)22)10-16-12-24-21(30-16)25-18(28)4-5-19-26-20(27-29-19)15-6-8-23-9-7-15/h2-3,6-9,11-12H,4-5,10H2,1H3,(H,24,25,28). The number of rotatable bonds is 7. The molecule has 0 radical (unpaired) electrons. The second kappa shape index (κ2) is 9.15. The molecule has 1 N–H and O–H groups in total. The van der Waals surface area contributed by atoms with Crippen LogP contribution in [0.1, 0.15) is 28.3 Å². The van der Waals surface area contributed by atoms with Crippen molar-refractivity contribution >= 4 is 34.0 Å². The summed E-state index contributed by atoms with van der Waals surface area (Å²) in [6.45, 7) is 1.97. The van der Waals surface area contributed by atoms with Gasteiger partial charge in [0.1, 0.15) is 0 Å². The second-order valence-electron chi connectivity index (χ2n) is 6.69. The van der Waals surface area contributed by atoms with Crippen molar-refractivity contribution in [2.45, 2.75) is 26.2 Å². The number of hydrogen-bond donors (Lipinski definition) is 1. The number of aromatic nitrogens is 4. The minimum Gasteiger partial charge on any atom is -0.339 e. The van der Waals surface area contributed by atoms with Crippen molar-refractivity contribution in [3.8, 4) is 11.4 Å². The number of nitrogens with zero attached hydrogens (tertiary/aromatic N) is 4. The highest BCUT2D eigenvalue weighted by Gasteiger charge is 2.12. The maximum absolute atomic E-state index is 12.3. The van der Waals surface area contributed by atoms with Crippen molar-refractivity contribution in [1.82, 2.24) is 20.1 Å². The van der Waals surface area contributed by atoms with E-state index >= 15 is 0 Å². The molecule has 4 rings (SSSR count). The van der Waals surface area contributed by atoms with Gasteiger partial charge in [0.15, 0.2) is 5.13 Å². The molecule has 1 amide bonds. The number of carbonyl (C=O) groups excluding carboxylic acids is 1. The van der Waals surface area contributed by atoms with Gasteiger partial charge < -0.3 is 9.84 Å². The Labute approximate surface area is 182 Å². The molecule has 0 atom stereocenters. The fourth-order valence-electron chi connectivity index (χ4n) is 2.77. The normalized spacial score (nSPS) is 10.9. The van der Waals surface area contributed by atoms with Gasteiger partial charge in [-0.2, -0.15) is 4.98 Å². The van der Waals surface area contributed by atoms with E-state index in [1.165, 1.54) is 11.3 Å². The van der Waals surface area contributed by atoms with Gasteiger partial charge in [0.2, 0.25) is 17.6 Å². The van der Waals surface area contributed by atoms with Crippen LogP contribution in [0.25, 0.3) is 11.4 Å². The molecular formula is C21H18ClN5O2S. The van der Waals surface area contributed by atoms with Crippen LogP contribution in [0.5, 0.6) is 0 Å². The Morgan fingerprint density at radius 2 is 2.07 bits per heavy atom. The number of amides is 1. The first-order valence-electron chi connectivity index (χ1n) is 9.29. The fourth-order valence-corrected chi connectivity index (χ4v) is 3.84. The zero-order valence-corrected chi connectivity index (χ0v) is 17.7. The van der Waals surface area contributed by atoms with Crippen LogP contribution in [0.4, 0.5) is 5.13 Å². The largest absolute Gasteiger partial charge is 0.339 e. The molecule has 0 saturated heterocycles. The summed E-state index contributed by atoms with van der Waals surface area (Å²) in [5.74, 6) is 0.736. The maximum atomic E-state index is 12.3. The first-order chi connectivity index (χ1) is 14.6. The SMILES string of the molecule is Cc1ccc(Cc2cnc(NC(=O)CCc3nc(-c4ccncc4)no3)s2)cc1Cl. The molecule has 0 aliphatic carbocycles. The van der Waals surface area contributed by atoms with Gasteiger partial charge in [-0.3, -0.25) is 9.78 Å². The molecule has 9 heteroatoms. The fraction of sp³-hybridized carbons (Fsp3) is 0.190. The summed E-state index contributed by atoms with van der Waals surface area (Å²) in [6, 6.07) is 9.60. The Kier molecular flexibility index (Phi) is 6.15. The number of halogens is 1. The quantitative estimate of drug-likeness (QED) is 0.448. The zero-order valence-electron chi connectivity index (χ0n) is 16.1. The Balaban J connectivity index is 1.29. The minimum atomic E-state index is -0.155. The van der Waals surface area contributed by atoms with Gasteiger partial charge in [0, 0.05) is 53.3 Å². The van der Waals surface area contributed by atoms with Crippen LogP contribution >= 0.6 is 22.9 Å². The highest BCUT2D eigenvalue weighted by atomic mass is 35.5. The molecule has 3 heterocycles. The Morgan fingerprint density at radius 1 is 1.23 bits per heavy atom. The molecular weight excluding hydrogens is 422 g/mol. The summed E-state index contributed by atoms with van der Waals surface area (Å²) >= 11 is 7.63. The van der Waals surface area contributed by atoms with E-state index in [1.807, 2.05) is 25.1 Å². The molecule has 0 spiro atoms. The minimum absolute atomic E-state index is 0.155. The molecule has 0 saturated carbocycles. The van der Waals surface area contributed by atoms with Gasteiger partial charge in [0.25, 0.3) is 0 Å². The number of benzene rings is 1. The van der Waals surface area contributed by atoms with Crippen molar-refractivity contribution in [1.29, 1.82) is 0 Å². The van der Waals surface area contributed by atoms with Crippen molar-refractivity contribution in [3.63, 3.8) is 0 Å². The number of hydrogen-bond acceptors (Lipinski definition) is 7. The summed E-state index contributed by atoms with van der Waals surface area (Å²) in [4.78, 5) is 25.9. The lowest BCUT2D eigenvalue weighted by Crippen LogP contribution is -2.12. The van der Waals surface area contributed by atoms with E-state index in [2.05, 4.69) is 25.4 Å². The van der Waals surface area contributed by atoms with Crippen LogP contribution in [-0.4, -0.2) is 26.0 Å². The van der Waals surface area contributed by atoms with Gasteiger partial charge in [-0.15, -0.1) is 11.3 Å². The molecule has 152 valence electrons. The van der Waals surface area contributed by atoms with E-state index < -0.39 is 0 Å². The van der Waals surface area contributed by atoms with E-state index in [4.69, 9.17) is 16.1 Å². The van der Waals surface area contributed by atoms with E-state index in [-0.39, 0.29) is 12.3 Å². The Bertz CT molecular complexity index is 1160. The summed E-state index contributed by atoms with van der Waals surface area (Å²) in [6.07, 6.45) is 6.38. The van der Waals surface area contributed by atoms with Gasteiger partial charge in [-0.05, 0) is 36.2 Å². The van der Waals surface area contributed by atoms with Crippen LogP contribution in [0.15, 0.2) is 53.4 Å². The summed E-state index contributed by atoms with van der Waals surface area (Å²) in [5, 5.41) is 8.07. The molecule has 0 unspecified atom stereocenters. The third-order valence-electron chi connectivity index (χ3n) is 4.39. The molecule has 0 aliphatic heterocycles. The molecule has 1 aromatic carbocycles. The highest BCUT2D eigenvalue weighted by molar-refractivity contribution is 7.15. The van der Waals surface area contributed by atoms with Crippen molar-refractivity contribution in [3.05, 3.63) is 75.8 Å². The van der Waals surface area contributed by atoms with Crippen LogP contribution in [0.2, 0.25) is 5.02 Å². The monoisotopic (exact) mass is 439 g/mol. The van der Waals surface area contributed by atoms with Crippen molar-refractivity contribution in [2.75, 3.05) is 5.32 Å². The number of thiazole rings is 1. The molecule has 4 aromatic rings. The van der Waals surface area contributed by atoms with Crippen LogP contribution in [0.3, 0.4) is 0 Å². The maximum Gasteiger partial charge on any atom is 0.227 e. The lowest BCUT2D eigenvalue weighted by Gasteiger charge is -2.02. The molecule has 0 fully saturated rings. The second-order valence-corrected chi connectivity index (χ2v) is 8.21. The number of aryl methyl sites for hydroxylation is 2. The van der Waals surface area contributed by atoms with Gasteiger partial charge in [-0.1, -0.05) is 28.9 Å². The predicted molar refractivity (Wildman–Crippen MR) is 116 cm³/mol. The van der Waals surface area contributed by atoms with Gasteiger partial charge in [0.05, 0.1) is 0 Å². The average molecular weight is 440 g/mol. The van der Waals surface area contributed by atoms with Crippen molar-refractivity contribution in [2.24, 2.45) is 0 Å². The Morgan fingerprint density at radius 3 is 2.87 bits per heavy atom. The van der Waals surface area contributed by atoms with E-state index in [0.29, 0.717) is 29.7 Å². The molecule has 0 bridgehead atoms. The van der Waals surface area contributed by atoms with E-state index in [9.17, 15) is 4.79 Å². The Hall–Kier alpha value is -3.10. The summed E-state index contributed by atoms with van der Waals surface area (Å²) in [7, 11) is 0. The topological polar surface area (TPSA) is 93.8 Å². The number of carbonyl (C=O) groups is 1. The van der Waals surface area contributed by atoms with Crippen molar-refractivity contribution < 1.29 is 9.32 Å². The first kappa shape index (κ1) is 20.2. The molecule has 7 nitrogen and oxygen atoms in total. The molecule has 3 aromatic heterocycles. The first-order valence-corrected chi connectivity index (χ1v) is 10.5. The molecule has 0 aliphatic rings. The van der Waals surface area contributed by atoms with Gasteiger partial charge in [-0.25, -0.2) is 4.98 Å². The smallest absolute Gasteiger partial charge is 0.227 e. The predicted octanol–water partition coefficient (Wildman–Crippen LogP) is 4.71. The van der Waals surface area contributed by atoms with E-state index in [1.54, 1.807) is 30.7 Å². The van der Waals surface area contributed by atoms with Gasteiger partial charge >= 0.3 is 0 Å². The third-order valence-corrected chi connectivity index (χ3v) is 5.71. The van der Waals surface area contributed by atoms with Crippen LogP contribution in [0, 0.1) is 6.92 Å². The lowest BCUT2D eigenvalue weighted by molar-refractivity contribution is -0.116. The summed E-state index contributed by atoms with van der Waals surface area (Å²) in [5.41, 5.74) is 2.97. The van der Waals surface area contributed by atoms with Crippen LogP contribution < -0.4 is 5.32 Å². The number of pyridine rings is 1. The number of anilines is 1. The van der Waals surface area contributed by atoms with E-state index in [0.717, 1.165) is 26.6 Å². The summed E-state index contributed by atoms with van der Waals surface area (Å²) < 4.78 is 5.22. The zero-order chi connectivity index (χ0) is 20.9. The lowest BCUT2D eigenvalue weighted by atomic mass is 10.1. The third kappa shape index (κ3) is 5.08.